The number of benzene rings is 1. The van der Waals surface area contributed by atoms with Gasteiger partial charge in [-0.3, -0.25) is 0 Å². The van der Waals surface area contributed by atoms with Crippen molar-refractivity contribution < 1.29 is 0 Å². The minimum absolute atomic E-state index is 0.545. The third-order valence-electron chi connectivity index (χ3n) is 4.06. The summed E-state index contributed by atoms with van der Waals surface area (Å²) >= 11 is 2.18. The normalized spacial score (nSPS) is 23.9. The monoisotopic (exact) mass is 277 g/mol. The van der Waals surface area contributed by atoms with Crippen molar-refractivity contribution >= 4 is 11.8 Å². The van der Waals surface area contributed by atoms with E-state index in [1.807, 2.05) is 0 Å². The maximum absolute atomic E-state index is 3.79. The van der Waals surface area contributed by atoms with Crippen molar-refractivity contribution in [1.29, 1.82) is 0 Å². The lowest BCUT2D eigenvalue weighted by molar-refractivity contribution is 0.471. The maximum atomic E-state index is 3.79. The number of hydrogen-bond acceptors (Lipinski definition) is 2. The molecule has 2 rings (SSSR count). The van der Waals surface area contributed by atoms with Crippen molar-refractivity contribution in [1.82, 2.24) is 5.32 Å². The van der Waals surface area contributed by atoms with Gasteiger partial charge in [-0.15, -0.1) is 0 Å². The molecule has 1 nitrogen and oxygen atoms in total. The zero-order valence-corrected chi connectivity index (χ0v) is 13.3. The van der Waals surface area contributed by atoms with E-state index in [1.54, 1.807) is 11.1 Å². The molecule has 0 radical (unpaired) electrons. The van der Waals surface area contributed by atoms with Crippen LogP contribution >= 0.6 is 11.8 Å². The molecule has 3 atom stereocenters. The fourth-order valence-corrected chi connectivity index (χ4v) is 4.26. The van der Waals surface area contributed by atoms with Gasteiger partial charge >= 0.3 is 0 Å². The van der Waals surface area contributed by atoms with Crippen LogP contribution in [0.3, 0.4) is 0 Å². The van der Waals surface area contributed by atoms with Crippen molar-refractivity contribution in [2.24, 2.45) is 0 Å². The smallest absolute Gasteiger partial charge is 0.0443 e. The molecule has 0 heterocycles. The highest BCUT2D eigenvalue weighted by Gasteiger charge is 2.29. The summed E-state index contributed by atoms with van der Waals surface area (Å²) < 4.78 is 0. The van der Waals surface area contributed by atoms with E-state index >= 15 is 0 Å². The van der Waals surface area contributed by atoms with Gasteiger partial charge in [0.1, 0.15) is 0 Å². The Kier molecular flexibility index (Phi) is 5.77. The van der Waals surface area contributed by atoms with Crippen molar-refractivity contribution in [3.8, 4) is 0 Å². The summed E-state index contributed by atoms with van der Waals surface area (Å²) in [5.41, 5.74) is 3.10. The molecule has 0 aliphatic heterocycles. The van der Waals surface area contributed by atoms with E-state index in [4.69, 9.17) is 0 Å². The summed E-state index contributed by atoms with van der Waals surface area (Å²) in [5, 5.41) is 5.28. The maximum Gasteiger partial charge on any atom is 0.0443 e. The lowest BCUT2D eigenvalue weighted by Crippen LogP contribution is -2.35. The van der Waals surface area contributed by atoms with E-state index in [2.05, 4.69) is 62.1 Å². The highest BCUT2D eigenvalue weighted by atomic mass is 32.2. The van der Waals surface area contributed by atoms with Gasteiger partial charge < -0.3 is 5.32 Å². The summed E-state index contributed by atoms with van der Waals surface area (Å²) in [6.45, 7) is 8.03. The first-order valence-electron chi connectivity index (χ1n) is 7.72. The number of aryl methyl sites for hydroxylation is 1. The molecule has 2 heteroatoms. The lowest BCUT2D eigenvalue weighted by atomic mass is 9.87. The van der Waals surface area contributed by atoms with Crippen molar-refractivity contribution in [3.05, 3.63) is 35.4 Å². The molecular weight excluding hydrogens is 250 g/mol. The van der Waals surface area contributed by atoms with Gasteiger partial charge in [-0.25, -0.2) is 0 Å². The van der Waals surface area contributed by atoms with Crippen molar-refractivity contribution in [2.75, 3.05) is 6.54 Å². The van der Waals surface area contributed by atoms with Crippen LogP contribution in [-0.2, 0) is 6.42 Å². The van der Waals surface area contributed by atoms with Crippen LogP contribution in [-0.4, -0.2) is 17.0 Å². The van der Waals surface area contributed by atoms with E-state index in [9.17, 15) is 0 Å². The standard InChI is InChI=1S/C17H27NS/c1-4-12-18-17-15-9-7-6-8-14(15)10-11-16(17)19-13(3)5-2/h6-9,13,16-18H,4-5,10-12H2,1-3H3. The molecule has 0 fully saturated rings. The second kappa shape index (κ2) is 7.35. The van der Waals surface area contributed by atoms with Gasteiger partial charge in [0.15, 0.2) is 0 Å². The van der Waals surface area contributed by atoms with E-state index in [-0.39, 0.29) is 0 Å². The van der Waals surface area contributed by atoms with E-state index in [0.29, 0.717) is 6.04 Å². The Hall–Kier alpha value is -0.470. The van der Waals surface area contributed by atoms with E-state index in [1.165, 1.54) is 25.7 Å². The van der Waals surface area contributed by atoms with Crippen LogP contribution in [0.2, 0.25) is 0 Å². The van der Waals surface area contributed by atoms with E-state index < -0.39 is 0 Å². The van der Waals surface area contributed by atoms with Crippen molar-refractivity contribution in [2.45, 2.75) is 63.0 Å². The Balaban J connectivity index is 2.16. The van der Waals surface area contributed by atoms with Gasteiger partial charge in [0.2, 0.25) is 0 Å². The number of nitrogens with one attached hydrogen (secondary N) is 1. The topological polar surface area (TPSA) is 12.0 Å². The van der Waals surface area contributed by atoms with Crippen LogP contribution in [0.25, 0.3) is 0 Å². The molecule has 1 aromatic rings. The number of rotatable bonds is 6. The van der Waals surface area contributed by atoms with Crippen LogP contribution < -0.4 is 5.32 Å². The van der Waals surface area contributed by atoms with Gasteiger partial charge in [0, 0.05) is 16.5 Å². The van der Waals surface area contributed by atoms with Crippen molar-refractivity contribution in [3.63, 3.8) is 0 Å². The quantitative estimate of drug-likeness (QED) is 0.817. The molecule has 106 valence electrons. The number of fused-ring (bicyclic) bond motifs is 1. The zero-order valence-electron chi connectivity index (χ0n) is 12.5. The number of hydrogen-bond donors (Lipinski definition) is 1. The first-order chi connectivity index (χ1) is 9.26. The fraction of sp³-hybridized carbons (Fsp3) is 0.647. The summed E-state index contributed by atoms with van der Waals surface area (Å²) in [4.78, 5) is 0. The highest BCUT2D eigenvalue weighted by molar-refractivity contribution is 8.00. The van der Waals surface area contributed by atoms with Gasteiger partial charge in [-0.2, -0.15) is 11.8 Å². The third-order valence-corrected chi connectivity index (χ3v) is 5.71. The lowest BCUT2D eigenvalue weighted by Gasteiger charge is -2.35. The summed E-state index contributed by atoms with van der Waals surface area (Å²) in [6, 6.07) is 9.54. The van der Waals surface area contributed by atoms with Crippen LogP contribution in [0.4, 0.5) is 0 Å². The van der Waals surface area contributed by atoms with E-state index in [0.717, 1.165) is 17.0 Å². The van der Waals surface area contributed by atoms with Crippen LogP contribution in [0, 0.1) is 0 Å². The fourth-order valence-electron chi connectivity index (χ4n) is 2.81. The first-order valence-corrected chi connectivity index (χ1v) is 8.67. The Bertz CT molecular complexity index is 391. The minimum Gasteiger partial charge on any atom is -0.309 e. The molecule has 0 saturated heterocycles. The van der Waals surface area contributed by atoms with Gasteiger partial charge in [0.05, 0.1) is 0 Å². The zero-order chi connectivity index (χ0) is 13.7. The second-order valence-electron chi connectivity index (χ2n) is 5.56. The molecule has 3 unspecified atom stereocenters. The predicted molar refractivity (Wildman–Crippen MR) is 86.9 cm³/mol. The summed E-state index contributed by atoms with van der Waals surface area (Å²) in [7, 11) is 0. The molecule has 0 aromatic heterocycles. The molecule has 0 amide bonds. The molecule has 1 N–H and O–H groups in total. The molecule has 1 aliphatic rings. The van der Waals surface area contributed by atoms with Crippen LogP contribution in [0.5, 0.6) is 0 Å². The summed E-state index contributed by atoms with van der Waals surface area (Å²) in [6.07, 6.45) is 5.03. The second-order valence-corrected chi connectivity index (χ2v) is 7.25. The van der Waals surface area contributed by atoms with Crippen LogP contribution in [0.1, 0.15) is 57.2 Å². The van der Waals surface area contributed by atoms with Gasteiger partial charge in [-0.1, -0.05) is 45.0 Å². The molecular formula is C17H27NS. The summed E-state index contributed by atoms with van der Waals surface area (Å²) in [5.74, 6) is 0. The van der Waals surface area contributed by atoms with Crippen LogP contribution in [0.15, 0.2) is 24.3 Å². The largest absolute Gasteiger partial charge is 0.309 e. The minimum atomic E-state index is 0.545. The molecule has 1 aromatic carbocycles. The Morgan fingerprint density at radius 1 is 1.32 bits per heavy atom. The first kappa shape index (κ1) is 14.9. The average molecular weight is 277 g/mol. The highest BCUT2D eigenvalue weighted by Crippen LogP contribution is 2.39. The van der Waals surface area contributed by atoms with Gasteiger partial charge in [0.25, 0.3) is 0 Å². The molecule has 1 aliphatic carbocycles. The third kappa shape index (κ3) is 3.76. The Morgan fingerprint density at radius 3 is 2.84 bits per heavy atom. The molecule has 0 saturated carbocycles. The Labute approximate surface area is 122 Å². The number of thioether (sulfide) groups is 1. The average Bonchev–Trinajstić information content (AvgIpc) is 2.45. The Morgan fingerprint density at radius 2 is 2.11 bits per heavy atom. The molecule has 19 heavy (non-hydrogen) atoms. The van der Waals surface area contributed by atoms with Gasteiger partial charge in [-0.05, 0) is 43.4 Å². The predicted octanol–water partition coefficient (Wildman–Crippen LogP) is 4.57. The SMILES string of the molecule is CCCNC1c2ccccc2CCC1SC(C)CC. The molecule has 0 spiro atoms. The molecule has 0 bridgehead atoms.